The van der Waals surface area contributed by atoms with Crippen LogP contribution < -0.4 is 21.4 Å². The molecule has 0 aliphatic heterocycles. The Labute approximate surface area is 165 Å². The van der Waals surface area contributed by atoms with Crippen molar-refractivity contribution in [3.8, 4) is 11.8 Å². The molecule has 2 aromatic carbocycles. The summed E-state index contributed by atoms with van der Waals surface area (Å²) in [5, 5.41) is 12.0. The molecule has 0 fully saturated rings. The van der Waals surface area contributed by atoms with Crippen LogP contribution in [0.15, 0.2) is 57.7 Å². The number of methoxy groups -OCH3 is 1. The molecule has 3 rings (SSSR count). The van der Waals surface area contributed by atoms with Crippen molar-refractivity contribution in [2.24, 2.45) is 5.73 Å². The Morgan fingerprint density at radius 1 is 1.21 bits per heavy atom. The fourth-order valence-corrected chi connectivity index (χ4v) is 2.89. The molecule has 8 nitrogen and oxygen atoms in total. The monoisotopic (exact) mass is 391 g/mol. The van der Waals surface area contributed by atoms with E-state index in [0.29, 0.717) is 27.8 Å². The van der Waals surface area contributed by atoms with Crippen LogP contribution in [0.25, 0.3) is 11.0 Å². The summed E-state index contributed by atoms with van der Waals surface area (Å²) in [5.74, 6) is -0.757. The molecular formula is C21H17N3O5. The Hall–Kier alpha value is -4.12. The molecule has 3 N–H and O–H groups in total. The molecule has 3 aromatic rings. The molecule has 1 atom stereocenters. The molecule has 0 spiro atoms. The molecule has 2 amide bonds. The quantitative estimate of drug-likeness (QED) is 0.611. The van der Waals surface area contributed by atoms with Crippen LogP contribution in [0.1, 0.15) is 21.5 Å². The predicted molar refractivity (Wildman–Crippen MR) is 104 cm³/mol. The van der Waals surface area contributed by atoms with Crippen LogP contribution in [0.5, 0.6) is 5.75 Å². The number of benzene rings is 2. The minimum atomic E-state index is -1.05. The second-order valence-corrected chi connectivity index (χ2v) is 6.27. The highest BCUT2D eigenvalue weighted by atomic mass is 16.5. The van der Waals surface area contributed by atoms with Gasteiger partial charge >= 0.3 is 5.63 Å². The topological polar surface area (TPSA) is 135 Å². The van der Waals surface area contributed by atoms with Crippen molar-refractivity contribution in [3.05, 3.63) is 75.6 Å². The number of fused-ring (bicyclic) bond motifs is 1. The lowest BCUT2D eigenvalue weighted by atomic mass is 10.0. The molecule has 1 aromatic heterocycles. The summed E-state index contributed by atoms with van der Waals surface area (Å²) >= 11 is 0. The van der Waals surface area contributed by atoms with E-state index in [9.17, 15) is 14.4 Å². The number of nitrogens with one attached hydrogen (secondary N) is 1. The third kappa shape index (κ3) is 4.42. The second kappa shape index (κ2) is 8.27. The smallest absolute Gasteiger partial charge is 0.336 e. The maximum Gasteiger partial charge on any atom is 0.336 e. The summed E-state index contributed by atoms with van der Waals surface area (Å²) in [6, 6.07) is 13.1. The zero-order valence-corrected chi connectivity index (χ0v) is 15.5. The number of hydrogen-bond donors (Lipinski definition) is 2. The van der Waals surface area contributed by atoms with Crippen molar-refractivity contribution < 1.29 is 18.7 Å². The van der Waals surface area contributed by atoms with E-state index in [0.717, 1.165) is 0 Å². The first kappa shape index (κ1) is 19.6. The van der Waals surface area contributed by atoms with Gasteiger partial charge in [0.25, 0.3) is 5.91 Å². The number of ether oxygens (including phenoxy) is 1. The Kier molecular flexibility index (Phi) is 5.60. The molecule has 0 saturated heterocycles. The molecule has 0 radical (unpaired) electrons. The molecule has 0 bridgehead atoms. The van der Waals surface area contributed by atoms with Gasteiger partial charge in [0.15, 0.2) is 0 Å². The minimum Gasteiger partial charge on any atom is -0.497 e. The van der Waals surface area contributed by atoms with Gasteiger partial charge in [-0.05, 0) is 42.0 Å². The van der Waals surface area contributed by atoms with Crippen molar-refractivity contribution in [2.75, 3.05) is 7.11 Å². The number of nitriles is 1. The van der Waals surface area contributed by atoms with E-state index in [1.165, 1.54) is 37.4 Å². The van der Waals surface area contributed by atoms with E-state index < -0.39 is 23.5 Å². The summed E-state index contributed by atoms with van der Waals surface area (Å²) < 4.78 is 10.3. The van der Waals surface area contributed by atoms with Crippen LogP contribution in [0.3, 0.4) is 0 Å². The second-order valence-electron chi connectivity index (χ2n) is 6.27. The third-order valence-electron chi connectivity index (χ3n) is 4.39. The van der Waals surface area contributed by atoms with Crippen molar-refractivity contribution >= 4 is 22.8 Å². The van der Waals surface area contributed by atoms with Gasteiger partial charge in [0, 0.05) is 29.5 Å². The van der Waals surface area contributed by atoms with E-state index in [-0.39, 0.29) is 12.0 Å². The molecule has 1 heterocycles. The van der Waals surface area contributed by atoms with E-state index >= 15 is 0 Å². The normalized spacial score (nSPS) is 11.4. The number of nitrogens with two attached hydrogens (primary N) is 1. The van der Waals surface area contributed by atoms with Crippen LogP contribution in [0.2, 0.25) is 0 Å². The fraction of sp³-hybridized carbons (Fsp3) is 0.143. The van der Waals surface area contributed by atoms with Crippen LogP contribution in [-0.2, 0) is 11.2 Å². The SMILES string of the molecule is COc1ccc2c(C[C@@H](NC(=O)c3ccc(C#N)cc3)C(N)=O)cc(=O)oc2c1. The maximum atomic E-state index is 12.5. The van der Waals surface area contributed by atoms with Crippen LogP contribution >= 0.6 is 0 Å². The summed E-state index contributed by atoms with van der Waals surface area (Å²) in [4.78, 5) is 36.3. The lowest BCUT2D eigenvalue weighted by Gasteiger charge is -2.16. The minimum absolute atomic E-state index is 0.00574. The highest BCUT2D eigenvalue weighted by Crippen LogP contribution is 2.23. The number of hydrogen-bond acceptors (Lipinski definition) is 6. The van der Waals surface area contributed by atoms with E-state index in [4.69, 9.17) is 20.1 Å². The summed E-state index contributed by atoms with van der Waals surface area (Å²) in [6.07, 6.45) is 0.00574. The van der Waals surface area contributed by atoms with Crippen LogP contribution in [0.4, 0.5) is 0 Å². The Balaban J connectivity index is 1.89. The first-order valence-corrected chi connectivity index (χ1v) is 8.62. The van der Waals surface area contributed by atoms with Crippen molar-refractivity contribution in [1.82, 2.24) is 5.32 Å². The van der Waals surface area contributed by atoms with Crippen LogP contribution in [0, 0.1) is 11.3 Å². The Morgan fingerprint density at radius 2 is 1.93 bits per heavy atom. The summed E-state index contributed by atoms with van der Waals surface area (Å²) in [6.45, 7) is 0. The number of primary amides is 1. The van der Waals surface area contributed by atoms with Crippen molar-refractivity contribution in [3.63, 3.8) is 0 Å². The van der Waals surface area contributed by atoms with E-state index in [1.807, 2.05) is 6.07 Å². The van der Waals surface area contributed by atoms with E-state index in [2.05, 4.69) is 5.32 Å². The molecule has 0 saturated carbocycles. The maximum absolute atomic E-state index is 12.5. The van der Waals surface area contributed by atoms with Gasteiger partial charge in [-0.1, -0.05) is 0 Å². The van der Waals surface area contributed by atoms with Gasteiger partial charge in [-0.25, -0.2) is 4.79 Å². The van der Waals surface area contributed by atoms with Gasteiger partial charge < -0.3 is 20.2 Å². The molecule has 8 heteroatoms. The highest BCUT2D eigenvalue weighted by molar-refractivity contribution is 5.97. The number of carbonyl (C=O) groups excluding carboxylic acids is 2. The van der Waals surface area contributed by atoms with Crippen LogP contribution in [-0.4, -0.2) is 25.0 Å². The van der Waals surface area contributed by atoms with Gasteiger partial charge in [0.1, 0.15) is 17.4 Å². The molecule has 29 heavy (non-hydrogen) atoms. The lowest BCUT2D eigenvalue weighted by molar-refractivity contribution is -0.119. The number of nitrogens with zero attached hydrogens (tertiary/aromatic N) is 1. The summed E-state index contributed by atoms with van der Waals surface area (Å²) in [5.41, 5.74) is 6.36. The Bertz CT molecular complexity index is 1180. The molecule has 146 valence electrons. The van der Waals surface area contributed by atoms with Gasteiger partial charge in [0.05, 0.1) is 18.7 Å². The van der Waals surface area contributed by atoms with Gasteiger partial charge in [-0.2, -0.15) is 5.26 Å². The van der Waals surface area contributed by atoms with Crippen molar-refractivity contribution in [2.45, 2.75) is 12.5 Å². The summed E-state index contributed by atoms with van der Waals surface area (Å²) in [7, 11) is 1.49. The van der Waals surface area contributed by atoms with Gasteiger partial charge in [-0.3, -0.25) is 9.59 Å². The Morgan fingerprint density at radius 3 is 2.55 bits per heavy atom. The third-order valence-corrected chi connectivity index (χ3v) is 4.39. The zero-order chi connectivity index (χ0) is 21.0. The molecule has 0 unspecified atom stereocenters. The first-order chi connectivity index (χ1) is 13.9. The average Bonchev–Trinajstić information content (AvgIpc) is 2.72. The van der Waals surface area contributed by atoms with Crippen molar-refractivity contribution in [1.29, 1.82) is 5.26 Å². The predicted octanol–water partition coefficient (Wildman–Crippen LogP) is 1.50. The van der Waals surface area contributed by atoms with Gasteiger partial charge in [-0.15, -0.1) is 0 Å². The number of rotatable bonds is 6. The standard InChI is InChI=1S/C21H17N3O5/c1-28-15-6-7-16-14(9-19(25)29-18(16)10-15)8-17(20(23)26)24-21(27)13-4-2-12(11-22)3-5-13/h2-7,9-10,17H,8H2,1H3,(H2,23,26)(H,24,27)/t17-/m1/s1. The van der Waals surface area contributed by atoms with E-state index in [1.54, 1.807) is 18.2 Å². The fourth-order valence-electron chi connectivity index (χ4n) is 2.89. The lowest BCUT2D eigenvalue weighted by Crippen LogP contribution is -2.46. The average molecular weight is 391 g/mol. The number of carbonyl (C=O) groups is 2. The van der Waals surface area contributed by atoms with Gasteiger partial charge in [0.2, 0.25) is 5.91 Å². The first-order valence-electron chi connectivity index (χ1n) is 8.62. The number of amides is 2. The molecular weight excluding hydrogens is 374 g/mol. The zero-order valence-electron chi connectivity index (χ0n) is 15.5. The molecule has 0 aliphatic carbocycles. The molecule has 0 aliphatic rings. The largest absolute Gasteiger partial charge is 0.497 e. The highest BCUT2D eigenvalue weighted by Gasteiger charge is 2.21.